The van der Waals surface area contributed by atoms with Gasteiger partial charge in [0.2, 0.25) is 0 Å². The van der Waals surface area contributed by atoms with Crippen LogP contribution in [0, 0.1) is 10.1 Å². The summed E-state index contributed by atoms with van der Waals surface area (Å²) >= 11 is 1.22. The SMILES string of the molecule is O=[N+]([O-])[Au]. The van der Waals surface area contributed by atoms with Gasteiger partial charge in [-0.25, -0.2) is 0 Å². The van der Waals surface area contributed by atoms with Crippen LogP contribution in [0.5, 0.6) is 0 Å². The van der Waals surface area contributed by atoms with E-state index in [2.05, 4.69) is 0 Å². The topological polar surface area (TPSA) is 43.1 Å². The standard InChI is InChI=1S/Au.NO2/c;2-1-3. The molecule has 0 bridgehead atoms. The number of nitro groups is 1. The molecule has 0 N–H and O–H groups in total. The molecule has 0 aliphatic carbocycles. The first-order valence-corrected chi connectivity index (χ1v) is 1.47. The predicted molar refractivity (Wildman–Crippen MR) is 6.99 cm³/mol. The molecule has 0 radical (unpaired) electrons. The first-order chi connectivity index (χ1) is 1.73. The van der Waals surface area contributed by atoms with Gasteiger partial charge in [0.25, 0.3) is 0 Å². The minimum absolute atomic E-state index is 0.556. The molecule has 3 nitrogen and oxygen atoms in total. The van der Waals surface area contributed by atoms with Crippen molar-refractivity contribution >= 4 is 0 Å². The van der Waals surface area contributed by atoms with Crippen LogP contribution in [0.3, 0.4) is 0 Å². The fourth-order valence-electron chi connectivity index (χ4n) is 0. The van der Waals surface area contributed by atoms with Crippen molar-refractivity contribution in [3.05, 3.63) is 10.1 Å². The summed E-state index contributed by atoms with van der Waals surface area (Å²) in [6.45, 7) is 0. The van der Waals surface area contributed by atoms with Crippen molar-refractivity contribution in [3.8, 4) is 0 Å². The normalized spacial score (nSPS) is 6.50. The molecule has 4 heavy (non-hydrogen) atoms. The number of rotatable bonds is 0. The van der Waals surface area contributed by atoms with Crippen molar-refractivity contribution in [1.82, 2.24) is 0 Å². The van der Waals surface area contributed by atoms with E-state index in [1.807, 2.05) is 0 Å². The monoisotopic (exact) mass is 243 g/mol. The van der Waals surface area contributed by atoms with Crippen LogP contribution in [0.15, 0.2) is 0 Å². The van der Waals surface area contributed by atoms with Crippen molar-refractivity contribution in [2.24, 2.45) is 0 Å². The first-order valence-electron chi connectivity index (χ1n) is 0.500. The molecule has 0 atom stereocenters. The zero-order chi connectivity index (χ0) is 3.58. The number of hydrogen-bond acceptors (Lipinski definition) is 2. The molecule has 0 aromatic rings. The van der Waals surface area contributed by atoms with Gasteiger partial charge in [-0.3, -0.25) is 0 Å². The Morgan fingerprint density at radius 3 is 2.00 bits per heavy atom. The Hall–Kier alpha value is 0.140. The summed E-state index contributed by atoms with van der Waals surface area (Å²) in [5.74, 6) is 0. The Morgan fingerprint density at radius 2 is 2.00 bits per heavy atom. The van der Waals surface area contributed by atoms with Crippen molar-refractivity contribution in [2.45, 2.75) is 0 Å². The third-order valence-electron chi connectivity index (χ3n) is 0. The molecule has 0 aromatic carbocycles. The quantitative estimate of drug-likeness (QED) is 0.334. The Kier molecular flexibility index (Phi) is 1.51. The van der Waals surface area contributed by atoms with Crippen LogP contribution in [0.4, 0.5) is 0 Å². The van der Waals surface area contributed by atoms with Gasteiger partial charge >= 0.3 is 34.8 Å². The summed E-state index contributed by atoms with van der Waals surface area (Å²) in [5.41, 5.74) is 0. The van der Waals surface area contributed by atoms with Crippen molar-refractivity contribution in [2.75, 3.05) is 0 Å². The molecular weight excluding hydrogens is 243 g/mol. The van der Waals surface area contributed by atoms with E-state index < -0.39 is 3.33 Å². The van der Waals surface area contributed by atoms with Crippen molar-refractivity contribution < 1.29 is 24.7 Å². The average Bonchev–Trinajstić information content (AvgIpc) is 0.811. The molecule has 0 heterocycles. The Morgan fingerprint density at radius 1 is 2.00 bits per heavy atom. The van der Waals surface area contributed by atoms with Crippen LogP contribution in [-0.2, 0) is 21.3 Å². The maximum absolute atomic E-state index is 8.78. The van der Waals surface area contributed by atoms with Crippen LogP contribution in [0.25, 0.3) is 0 Å². The first kappa shape index (κ1) is 4.14. The number of nitrogens with zero attached hydrogens (tertiary/aromatic N) is 1. The molecular formula is AuNO2. The van der Waals surface area contributed by atoms with E-state index in [-0.39, 0.29) is 0 Å². The van der Waals surface area contributed by atoms with E-state index in [1.165, 1.54) is 21.3 Å². The van der Waals surface area contributed by atoms with E-state index in [0.29, 0.717) is 0 Å². The fraction of sp³-hybridized carbons (Fsp3) is 0. The van der Waals surface area contributed by atoms with Crippen molar-refractivity contribution in [3.63, 3.8) is 0 Å². The van der Waals surface area contributed by atoms with Gasteiger partial charge in [0.05, 0.1) is 0 Å². The van der Waals surface area contributed by atoms with Crippen molar-refractivity contribution in [1.29, 1.82) is 0 Å². The molecule has 0 fully saturated rings. The van der Waals surface area contributed by atoms with Gasteiger partial charge in [-0.2, -0.15) is 0 Å². The molecule has 0 aliphatic heterocycles. The maximum atomic E-state index is 8.78. The fourth-order valence-corrected chi connectivity index (χ4v) is 0. The zero-order valence-corrected chi connectivity index (χ0v) is 3.73. The molecule has 0 rings (SSSR count). The summed E-state index contributed by atoms with van der Waals surface area (Å²) in [7, 11) is 0. The summed E-state index contributed by atoms with van der Waals surface area (Å²) < 4.78 is -0.556. The average molecular weight is 243 g/mol. The number of hydrogen-bond donors (Lipinski definition) is 0. The van der Waals surface area contributed by atoms with E-state index in [9.17, 15) is 0 Å². The van der Waals surface area contributed by atoms with Crippen LogP contribution in [0.1, 0.15) is 0 Å². The van der Waals surface area contributed by atoms with Gasteiger partial charge in [0, 0.05) is 0 Å². The van der Waals surface area contributed by atoms with Gasteiger partial charge in [0.1, 0.15) is 0 Å². The van der Waals surface area contributed by atoms with Gasteiger partial charge in [0.15, 0.2) is 0 Å². The second-order valence-electron chi connectivity index (χ2n) is 0.185. The van der Waals surface area contributed by atoms with Gasteiger partial charge in [-0.05, 0) is 0 Å². The van der Waals surface area contributed by atoms with Crippen LogP contribution in [0.2, 0.25) is 0 Å². The second kappa shape index (κ2) is 1.46. The summed E-state index contributed by atoms with van der Waals surface area (Å²) in [4.78, 5) is 8.78. The van der Waals surface area contributed by atoms with Crippen LogP contribution in [-0.4, -0.2) is 3.33 Å². The third-order valence-corrected chi connectivity index (χ3v) is 0. The van der Waals surface area contributed by atoms with E-state index in [1.54, 1.807) is 0 Å². The molecule has 4 heteroatoms. The van der Waals surface area contributed by atoms with Gasteiger partial charge in [-0.15, -0.1) is 0 Å². The van der Waals surface area contributed by atoms with Crippen LogP contribution < -0.4 is 0 Å². The van der Waals surface area contributed by atoms with Crippen LogP contribution >= 0.6 is 0 Å². The van der Waals surface area contributed by atoms with E-state index in [4.69, 9.17) is 10.1 Å². The molecule has 0 aliphatic rings. The predicted octanol–water partition coefficient (Wildman–Crippen LogP) is -0.275. The summed E-state index contributed by atoms with van der Waals surface area (Å²) in [6, 6.07) is 0. The molecule has 0 saturated heterocycles. The Balaban J connectivity index is 2.80. The summed E-state index contributed by atoms with van der Waals surface area (Å²) in [5, 5.41) is 8.78. The molecule has 0 amide bonds. The Bertz CT molecular complexity index is 29.0. The molecule has 0 saturated carbocycles. The Labute approximate surface area is 35.4 Å². The van der Waals surface area contributed by atoms with E-state index in [0.717, 1.165) is 0 Å². The van der Waals surface area contributed by atoms with E-state index >= 15 is 0 Å². The molecule has 0 unspecified atom stereocenters. The molecule has 0 spiro atoms. The molecule has 28 valence electrons. The molecule has 0 aromatic heterocycles. The van der Waals surface area contributed by atoms with Gasteiger partial charge < -0.3 is 0 Å². The summed E-state index contributed by atoms with van der Waals surface area (Å²) in [6.07, 6.45) is 0. The third kappa shape index (κ3) is 141. The van der Waals surface area contributed by atoms with Gasteiger partial charge in [-0.1, -0.05) is 0 Å². The zero-order valence-electron chi connectivity index (χ0n) is 1.57. The second-order valence-corrected chi connectivity index (χ2v) is 0.976. The minimum atomic E-state index is -0.556.